The molecule has 0 aliphatic carbocycles. The minimum absolute atomic E-state index is 0.120. The fourth-order valence-electron chi connectivity index (χ4n) is 2.96. The molecule has 1 fully saturated rings. The first-order valence-electron chi connectivity index (χ1n) is 7.50. The van der Waals surface area contributed by atoms with E-state index in [4.69, 9.17) is 9.15 Å². The fourth-order valence-corrected chi connectivity index (χ4v) is 2.96. The van der Waals surface area contributed by atoms with Crippen molar-refractivity contribution in [2.24, 2.45) is 5.92 Å². The lowest BCUT2D eigenvalue weighted by molar-refractivity contribution is 0.0549. The molecular formula is C17H21NO3. The number of furan rings is 1. The van der Waals surface area contributed by atoms with Crippen molar-refractivity contribution in [2.45, 2.75) is 12.8 Å². The average molecular weight is 287 g/mol. The molecule has 1 saturated heterocycles. The number of carbonyl (C=O) groups is 1. The molecule has 4 heteroatoms. The van der Waals surface area contributed by atoms with Gasteiger partial charge in [0.25, 0.3) is 0 Å². The second kappa shape index (κ2) is 6.41. The number of benzene rings is 1. The third-order valence-electron chi connectivity index (χ3n) is 4.11. The summed E-state index contributed by atoms with van der Waals surface area (Å²) in [6, 6.07) is 7.67. The molecule has 3 rings (SSSR count). The van der Waals surface area contributed by atoms with Crippen molar-refractivity contribution in [3.8, 4) is 0 Å². The Morgan fingerprint density at radius 1 is 1.29 bits per heavy atom. The molecule has 0 atom stereocenters. The summed E-state index contributed by atoms with van der Waals surface area (Å²) in [7, 11) is 2.01. The first-order valence-corrected chi connectivity index (χ1v) is 7.50. The van der Waals surface area contributed by atoms with Crippen molar-refractivity contribution in [1.82, 2.24) is 4.90 Å². The SMILES string of the molecule is CN(CC(=O)c1coc2ccccc12)CC1CCOCC1. The second-order valence-corrected chi connectivity index (χ2v) is 5.82. The quantitative estimate of drug-likeness (QED) is 0.793. The highest BCUT2D eigenvalue weighted by molar-refractivity contribution is 6.08. The maximum Gasteiger partial charge on any atom is 0.180 e. The number of ether oxygens (including phenoxy) is 1. The predicted molar refractivity (Wildman–Crippen MR) is 81.6 cm³/mol. The maximum absolute atomic E-state index is 12.4. The van der Waals surface area contributed by atoms with Crippen LogP contribution in [0.15, 0.2) is 34.9 Å². The van der Waals surface area contributed by atoms with Gasteiger partial charge >= 0.3 is 0 Å². The van der Waals surface area contributed by atoms with Crippen molar-refractivity contribution in [2.75, 3.05) is 33.4 Å². The van der Waals surface area contributed by atoms with Gasteiger partial charge in [-0.05, 0) is 31.9 Å². The number of rotatable bonds is 5. The van der Waals surface area contributed by atoms with Gasteiger partial charge in [0, 0.05) is 25.1 Å². The minimum atomic E-state index is 0.120. The van der Waals surface area contributed by atoms with Crippen LogP contribution in [0.5, 0.6) is 0 Å². The van der Waals surface area contributed by atoms with Crippen LogP contribution in [-0.2, 0) is 4.74 Å². The predicted octanol–water partition coefficient (Wildman–Crippen LogP) is 2.97. The van der Waals surface area contributed by atoms with Gasteiger partial charge in [0.15, 0.2) is 5.78 Å². The summed E-state index contributed by atoms with van der Waals surface area (Å²) in [5.41, 5.74) is 1.46. The van der Waals surface area contributed by atoms with E-state index < -0.39 is 0 Å². The molecule has 0 saturated carbocycles. The summed E-state index contributed by atoms with van der Waals surface area (Å²) in [5, 5.41) is 0.905. The zero-order valence-corrected chi connectivity index (χ0v) is 12.4. The lowest BCUT2D eigenvalue weighted by atomic mass is 9.99. The third kappa shape index (κ3) is 3.34. The molecule has 0 N–H and O–H groups in total. The Labute approximate surface area is 124 Å². The van der Waals surface area contributed by atoms with Crippen molar-refractivity contribution < 1.29 is 13.9 Å². The molecule has 0 spiro atoms. The van der Waals surface area contributed by atoms with Crippen LogP contribution in [0.4, 0.5) is 0 Å². The van der Waals surface area contributed by atoms with Gasteiger partial charge in [-0.15, -0.1) is 0 Å². The lowest BCUT2D eigenvalue weighted by Gasteiger charge is -2.26. The molecule has 1 aliphatic rings. The second-order valence-electron chi connectivity index (χ2n) is 5.82. The Morgan fingerprint density at radius 3 is 2.86 bits per heavy atom. The van der Waals surface area contributed by atoms with Crippen molar-refractivity contribution in [3.63, 3.8) is 0 Å². The average Bonchev–Trinajstić information content (AvgIpc) is 2.92. The van der Waals surface area contributed by atoms with Gasteiger partial charge in [-0.25, -0.2) is 0 Å². The number of hydrogen-bond donors (Lipinski definition) is 0. The maximum atomic E-state index is 12.4. The van der Waals surface area contributed by atoms with Gasteiger partial charge in [-0.1, -0.05) is 18.2 Å². The number of para-hydroxylation sites is 1. The van der Waals surface area contributed by atoms with E-state index in [9.17, 15) is 4.79 Å². The third-order valence-corrected chi connectivity index (χ3v) is 4.11. The number of fused-ring (bicyclic) bond motifs is 1. The Balaban J connectivity index is 1.62. The molecule has 0 unspecified atom stereocenters. The van der Waals surface area contributed by atoms with Gasteiger partial charge in [0.05, 0.1) is 12.1 Å². The molecule has 1 aromatic carbocycles. The van der Waals surface area contributed by atoms with E-state index in [1.165, 1.54) is 0 Å². The number of hydrogen-bond acceptors (Lipinski definition) is 4. The standard InChI is InChI=1S/C17H21NO3/c1-18(10-13-6-8-20-9-7-13)11-16(19)15-12-21-17-5-3-2-4-14(15)17/h2-5,12-13H,6-11H2,1H3. The number of ketones is 1. The summed E-state index contributed by atoms with van der Waals surface area (Å²) in [6.45, 7) is 3.07. The molecule has 4 nitrogen and oxygen atoms in total. The normalized spacial score (nSPS) is 16.7. The van der Waals surface area contributed by atoms with E-state index in [0.717, 1.165) is 43.6 Å². The number of carbonyl (C=O) groups excluding carboxylic acids is 1. The Kier molecular flexibility index (Phi) is 4.36. The lowest BCUT2D eigenvalue weighted by Crippen LogP contribution is -2.33. The molecule has 0 bridgehead atoms. The van der Waals surface area contributed by atoms with E-state index in [0.29, 0.717) is 18.0 Å². The van der Waals surface area contributed by atoms with Crippen LogP contribution in [-0.4, -0.2) is 44.0 Å². The van der Waals surface area contributed by atoms with Gasteiger partial charge in [0.1, 0.15) is 11.8 Å². The number of nitrogens with zero attached hydrogens (tertiary/aromatic N) is 1. The van der Waals surface area contributed by atoms with E-state index in [-0.39, 0.29) is 5.78 Å². The first kappa shape index (κ1) is 14.3. The van der Waals surface area contributed by atoms with Gasteiger partial charge in [0.2, 0.25) is 0 Å². The van der Waals surface area contributed by atoms with Crippen LogP contribution in [0.25, 0.3) is 11.0 Å². The van der Waals surface area contributed by atoms with Gasteiger partial charge in [-0.3, -0.25) is 9.69 Å². The van der Waals surface area contributed by atoms with E-state index in [1.54, 1.807) is 6.26 Å². The summed E-state index contributed by atoms with van der Waals surface area (Å²) in [5.74, 6) is 0.757. The number of Topliss-reactive ketones (excluding diaryl/α,β-unsaturated/α-hetero) is 1. The molecular weight excluding hydrogens is 266 g/mol. The van der Waals surface area contributed by atoms with Crippen molar-refractivity contribution in [1.29, 1.82) is 0 Å². The van der Waals surface area contributed by atoms with Crippen LogP contribution in [0, 0.1) is 5.92 Å². The van der Waals surface area contributed by atoms with Crippen LogP contribution < -0.4 is 0 Å². The highest BCUT2D eigenvalue weighted by atomic mass is 16.5. The smallest absolute Gasteiger partial charge is 0.180 e. The van der Waals surface area contributed by atoms with Gasteiger partial charge < -0.3 is 9.15 Å². The molecule has 1 aromatic heterocycles. The number of likely N-dealkylation sites (N-methyl/N-ethyl adjacent to an activating group) is 1. The summed E-state index contributed by atoms with van der Waals surface area (Å²) >= 11 is 0. The molecule has 2 aromatic rings. The van der Waals surface area contributed by atoms with Crippen LogP contribution in [0.3, 0.4) is 0 Å². The van der Waals surface area contributed by atoms with Crippen molar-refractivity contribution in [3.05, 3.63) is 36.1 Å². The zero-order chi connectivity index (χ0) is 14.7. The Morgan fingerprint density at radius 2 is 2.05 bits per heavy atom. The Hall–Kier alpha value is -1.65. The van der Waals surface area contributed by atoms with Crippen molar-refractivity contribution >= 4 is 16.8 Å². The molecule has 2 heterocycles. The van der Waals surface area contributed by atoms with Crippen LogP contribution >= 0.6 is 0 Å². The topological polar surface area (TPSA) is 42.7 Å². The summed E-state index contributed by atoms with van der Waals surface area (Å²) < 4.78 is 10.8. The Bertz CT molecular complexity index is 613. The zero-order valence-electron chi connectivity index (χ0n) is 12.4. The minimum Gasteiger partial charge on any atom is -0.464 e. The van der Waals surface area contributed by atoms with Crippen LogP contribution in [0.1, 0.15) is 23.2 Å². The highest BCUT2D eigenvalue weighted by Crippen LogP contribution is 2.21. The molecule has 1 aliphatic heterocycles. The molecule has 0 radical (unpaired) electrons. The largest absolute Gasteiger partial charge is 0.464 e. The molecule has 21 heavy (non-hydrogen) atoms. The first-order chi connectivity index (χ1) is 10.2. The molecule has 112 valence electrons. The monoisotopic (exact) mass is 287 g/mol. The summed E-state index contributed by atoms with van der Waals surface area (Å²) in [6.07, 6.45) is 3.76. The summed E-state index contributed by atoms with van der Waals surface area (Å²) in [4.78, 5) is 14.6. The molecule has 0 amide bonds. The fraction of sp³-hybridized carbons (Fsp3) is 0.471. The van der Waals surface area contributed by atoms with E-state index >= 15 is 0 Å². The highest BCUT2D eigenvalue weighted by Gasteiger charge is 2.19. The van der Waals surface area contributed by atoms with E-state index in [1.807, 2.05) is 31.3 Å². The van der Waals surface area contributed by atoms with Gasteiger partial charge in [-0.2, -0.15) is 0 Å². The van der Waals surface area contributed by atoms with E-state index in [2.05, 4.69) is 4.90 Å². The van der Waals surface area contributed by atoms with Crippen LogP contribution in [0.2, 0.25) is 0 Å².